The number of hydrogen-bond acceptors (Lipinski definition) is 6. The number of benzene rings is 3. The van der Waals surface area contributed by atoms with Gasteiger partial charge in [0.2, 0.25) is 0 Å². The molecular formula is C23H17FN4O3S. The summed E-state index contributed by atoms with van der Waals surface area (Å²) in [5.74, 6) is -0.390. The number of ketones is 1. The Morgan fingerprint density at radius 1 is 1.06 bits per heavy atom. The van der Waals surface area contributed by atoms with Crippen LogP contribution in [0.5, 0.6) is 0 Å². The predicted molar refractivity (Wildman–Crippen MR) is 118 cm³/mol. The molecule has 1 aromatic heterocycles. The number of carbonyl (C=O) groups is 1. The Bertz CT molecular complexity index is 1310. The number of aromatic nitrogens is 3. The van der Waals surface area contributed by atoms with E-state index >= 15 is 0 Å². The molecule has 0 unspecified atom stereocenters. The lowest BCUT2D eigenvalue weighted by molar-refractivity contribution is -0.387. The van der Waals surface area contributed by atoms with E-state index < -0.39 is 10.7 Å². The van der Waals surface area contributed by atoms with Gasteiger partial charge in [0.25, 0.3) is 5.69 Å². The predicted octanol–water partition coefficient (Wildman–Crippen LogP) is 5.39. The van der Waals surface area contributed by atoms with Gasteiger partial charge in [-0.1, -0.05) is 42.5 Å². The van der Waals surface area contributed by atoms with Gasteiger partial charge in [-0.2, -0.15) is 0 Å². The van der Waals surface area contributed by atoms with Gasteiger partial charge in [-0.25, -0.2) is 4.39 Å². The summed E-state index contributed by atoms with van der Waals surface area (Å²) in [6, 6.07) is 20.1. The Balaban J connectivity index is 1.80. The summed E-state index contributed by atoms with van der Waals surface area (Å²) in [5.41, 5.74) is 1.26. The average Bonchev–Trinajstić information content (AvgIpc) is 3.16. The summed E-state index contributed by atoms with van der Waals surface area (Å²) in [6.45, 7) is 1.70. The summed E-state index contributed by atoms with van der Waals surface area (Å²) in [6.07, 6.45) is 0. The van der Waals surface area contributed by atoms with E-state index in [9.17, 15) is 19.3 Å². The molecule has 4 aromatic rings. The molecule has 32 heavy (non-hydrogen) atoms. The zero-order valence-electron chi connectivity index (χ0n) is 16.9. The van der Waals surface area contributed by atoms with Crippen molar-refractivity contribution in [3.8, 4) is 11.4 Å². The van der Waals surface area contributed by atoms with Gasteiger partial charge in [0.1, 0.15) is 5.82 Å². The van der Waals surface area contributed by atoms with Gasteiger partial charge < -0.3 is 0 Å². The van der Waals surface area contributed by atoms with Gasteiger partial charge in [0, 0.05) is 11.6 Å². The molecule has 3 aromatic carbocycles. The maximum Gasteiger partial charge on any atom is 0.284 e. The minimum Gasteiger partial charge on any atom is -0.297 e. The molecule has 0 spiro atoms. The molecule has 4 rings (SSSR count). The van der Waals surface area contributed by atoms with Crippen LogP contribution in [0.4, 0.5) is 10.1 Å². The van der Waals surface area contributed by atoms with Crippen LogP contribution < -0.4 is 0 Å². The monoisotopic (exact) mass is 448 g/mol. The standard InChI is InChI=1S/C23H17FN4O3S/c1-15(29)17-11-12-21(20(13-17)28(30)31)32-23-26-25-22(18-9-5-6-10-19(18)24)27(23)14-16-7-3-2-4-8-16/h2-13H,14H2,1H3. The van der Waals surface area contributed by atoms with Gasteiger partial charge in [-0.3, -0.25) is 19.5 Å². The lowest BCUT2D eigenvalue weighted by Crippen LogP contribution is -2.05. The van der Waals surface area contributed by atoms with Crippen molar-refractivity contribution in [3.63, 3.8) is 0 Å². The van der Waals surface area contributed by atoms with Gasteiger partial charge in [-0.15, -0.1) is 10.2 Å². The van der Waals surface area contributed by atoms with Crippen molar-refractivity contribution in [3.05, 3.63) is 99.9 Å². The molecule has 0 aliphatic rings. The fourth-order valence-electron chi connectivity index (χ4n) is 3.18. The molecule has 0 atom stereocenters. The van der Waals surface area contributed by atoms with Crippen molar-refractivity contribution in [1.82, 2.24) is 14.8 Å². The molecule has 0 saturated carbocycles. The summed E-state index contributed by atoms with van der Waals surface area (Å²) in [7, 11) is 0. The molecule has 160 valence electrons. The third kappa shape index (κ3) is 4.42. The van der Waals surface area contributed by atoms with Gasteiger partial charge in [0.15, 0.2) is 16.8 Å². The van der Waals surface area contributed by atoms with Crippen molar-refractivity contribution in [2.24, 2.45) is 0 Å². The van der Waals surface area contributed by atoms with Crippen LogP contribution in [0.15, 0.2) is 82.8 Å². The highest BCUT2D eigenvalue weighted by Crippen LogP contribution is 2.36. The molecule has 1 heterocycles. The first-order valence-electron chi connectivity index (χ1n) is 9.63. The van der Waals surface area contributed by atoms with E-state index in [1.54, 1.807) is 22.8 Å². The lowest BCUT2D eigenvalue weighted by Gasteiger charge is -2.11. The Morgan fingerprint density at radius 2 is 1.78 bits per heavy atom. The van der Waals surface area contributed by atoms with E-state index in [2.05, 4.69) is 10.2 Å². The van der Waals surface area contributed by atoms with Gasteiger partial charge >= 0.3 is 0 Å². The summed E-state index contributed by atoms with van der Waals surface area (Å²) in [4.78, 5) is 23.0. The first kappa shape index (κ1) is 21.4. The normalized spacial score (nSPS) is 10.8. The second-order valence-corrected chi connectivity index (χ2v) is 7.96. The van der Waals surface area contributed by atoms with Crippen molar-refractivity contribution in [2.45, 2.75) is 23.5 Å². The molecule has 0 N–H and O–H groups in total. The second-order valence-electron chi connectivity index (χ2n) is 6.96. The number of rotatable bonds is 7. The average molecular weight is 448 g/mol. The van der Waals surface area contributed by atoms with E-state index in [0.29, 0.717) is 22.4 Å². The quantitative estimate of drug-likeness (QED) is 0.214. The molecule has 0 aliphatic carbocycles. The van der Waals surface area contributed by atoms with E-state index in [1.807, 2.05) is 30.3 Å². The van der Waals surface area contributed by atoms with Crippen molar-refractivity contribution in [2.75, 3.05) is 0 Å². The molecule has 0 aliphatic heterocycles. The molecule has 0 radical (unpaired) electrons. The van der Waals surface area contributed by atoms with Crippen LogP contribution in [0.1, 0.15) is 22.8 Å². The van der Waals surface area contributed by atoms with Crippen LogP contribution in [-0.4, -0.2) is 25.5 Å². The summed E-state index contributed by atoms with van der Waals surface area (Å²) in [5, 5.41) is 20.4. The highest BCUT2D eigenvalue weighted by atomic mass is 32.2. The zero-order valence-corrected chi connectivity index (χ0v) is 17.8. The van der Waals surface area contributed by atoms with Crippen LogP contribution in [0, 0.1) is 15.9 Å². The zero-order chi connectivity index (χ0) is 22.7. The largest absolute Gasteiger partial charge is 0.297 e. The number of nitro groups is 1. The second kappa shape index (κ2) is 9.11. The highest BCUT2D eigenvalue weighted by Gasteiger charge is 2.22. The Labute approximate surface area is 187 Å². The smallest absolute Gasteiger partial charge is 0.284 e. The minimum atomic E-state index is -0.537. The number of carbonyl (C=O) groups excluding carboxylic acids is 1. The van der Waals surface area contributed by atoms with Crippen molar-refractivity contribution < 1.29 is 14.1 Å². The van der Waals surface area contributed by atoms with Crippen LogP contribution in [0.2, 0.25) is 0 Å². The van der Waals surface area contributed by atoms with E-state index in [0.717, 1.165) is 17.3 Å². The van der Waals surface area contributed by atoms with Crippen LogP contribution >= 0.6 is 11.8 Å². The molecule has 9 heteroatoms. The van der Waals surface area contributed by atoms with Gasteiger partial charge in [-0.05, 0) is 48.5 Å². The number of hydrogen-bond donors (Lipinski definition) is 0. The van der Waals surface area contributed by atoms with Crippen LogP contribution in [0.3, 0.4) is 0 Å². The maximum atomic E-state index is 14.5. The van der Waals surface area contributed by atoms with E-state index in [4.69, 9.17) is 0 Å². The Morgan fingerprint density at radius 3 is 2.47 bits per heavy atom. The molecule has 0 bridgehead atoms. The fourth-order valence-corrected chi connectivity index (χ4v) is 4.09. The third-order valence-corrected chi connectivity index (χ3v) is 5.83. The number of halogens is 1. The maximum absolute atomic E-state index is 14.5. The van der Waals surface area contributed by atoms with Gasteiger partial charge in [0.05, 0.1) is 21.9 Å². The fraction of sp³-hybridized carbons (Fsp3) is 0.0870. The van der Waals surface area contributed by atoms with E-state index in [1.165, 1.54) is 31.2 Å². The summed E-state index contributed by atoms with van der Waals surface area (Å²) >= 11 is 1.04. The minimum absolute atomic E-state index is 0.204. The topological polar surface area (TPSA) is 90.9 Å². The van der Waals surface area contributed by atoms with Crippen molar-refractivity contribution in [1.29, 1.82) is 0 Å². The molecule has 0 amide bonds. The number of Topliss-reactive ketones (excluding diaryl/α,β-unsaturated/α-hetero) is 1. The summed E-state index contributed by atoms with van der Waals surface area (Å²) < 4.78 is 16.2. The van der Waals surface area contributed by atoms with Crippen LogP contribution in [-0.2, 0) is 6.54 Å². The lowest BCUT2D eigenvalue weighted by atomic mass is 10.1. The molecule has 0 saturated heterocycles. The first-order chi connectivity index (χ1) is 15.4. The highest BCUT2D eigenvalue weighted by molar-refractivity contribution is 7.99. The number of nitrogens with zero attached hydrogens (tertiary/aromatic N) is 4. The van der Waals surface area contributed by atoms with Crippen molar-refractivity contribution >= 4 is 23.2 Å². The SMILES string of the molecule is CC(=O)c1ccc(Sc2nnc(-c3ccccc3F)n2Cc2ccccc2)c([N+](=O)[O-])c1. The Kier molecular flexibility index (Phi) is 6.09. The molecule has 7 nitrogen and oxygen atoms in total. The van der Waals surface area contributed by atoms with E-state index in [-0.39, 0.29) is 22.6 Å². The Hall–Kier alpha value is -3.85. The number of nitro benzene ring substituents is 1. The third-order valence-electron chi connectivity index (χ3n) is 4.78. The van der Waals surface area contributed by atoms with Crippen LogP contribution in [0.25, 0.3) is 11.4 Å². The molecule has 0 fully saturated rings. The first-order valence-corrected chi connectivity index (χ1v) is 10.4. The molecular weight excluding hydrogens is 431 g/mol.